The molecule has 1 aromatic heterocycles. The van der Waals surface area contributed by atoms with Gasteiger partial charge in [0, 0.05) is 6.20 Å². The molecule has 1 aromatic carbocycles. The molecule has 0 atom stereocenters. The van der Waals surface area contributed by atoms with Crippen LogP contribution in [-0.4, -0.2) is 15.6 Å². The molecule has 100 valence electrons. The van der Waals surface area contributed by atoms with Crippen LogP contribution in [0.2, 0.25) is 0 Å². The fourth-order valence-corrected chi connectivity index (χ4v) is 1.57. The van der Waals surface area contributed by atoms with Crippen molar-refractivity contribution in [1.82, 2.24) is 9.78 Å². The first kappa shape index (κ1) is 13.1. The standard InChI is InChI=1S/C11H8F4N4/c12-7-2-1-3-8(9(7)10(16)17)19-5-6(4-18-19)11(13,14)15/h1-5H,(H3,16,17). The van der Waals surface area contributed by atoms with Gasteiger partial charge in [-0.05, 0) is 12.1 Å². The highest BCUT2D eigenvalue weighted by Gasteiger charge is 2.32. The Morgan fingerprint density at radius 1 is 1.32 bits per heavy atom. The Balaban J connectivity index is 2.57. The molecule has 19 heavy (non-hydrogen) atoms. The van der Waals surface area contributed by atoms with Crippen LogP contribution in [0.1, 0.15) is 11.1 Å². The van der Waals surface area contributed by atoms with E-state index in [4.69, 9.17) is 11.1 Å². The van der Waals surface area contributed by atoms with E-state index in [-0.39, 0.29) is 11.3 Å². The van der Waals surface area contributed by atoms with Crippen LogP contribution >= 0.6 is 0 Å². The van der Waals surface area contributed by atoms with Crippen molar-refractivity contribution in [3.05, 3.63) is 47.5 Å². The lowest BCUT2D eigenvalue weighted by Gasteiger charge is -2.09. The number of halogens is 4. The average Bonchev–Trinajstić information content (AvgIpc) is 2.76. The fourth-order valence-electron chi connectivity index (χ4n) is 1.57. The molecule has 0 saturated carbocycles. The van der Waals surface area contributed by atoms with Crippen molar-refractivity contribution in [2.75, 3.05) is 0 Å². The third-order valence-electron chi connectivity index (χ3n) is 2.42. The van der Waals surface area contributed by atoms with Gasteiger partial charge in [0.05, 0.1) is 23.0 Å². The van der Waals surface area contributed by atoms with Crippen molar-refractivity contribution in [2.24, 2.45) is 5.73 Å². The Hall–Kier alpha value is -2.38. The Bertz CT molecular complexity index is 630. The van der Waals surface area contributed by atoms with E-state index in [2.05, 4.69) is 5.10 Å². The molecule has 0 aliphatic rings. The van der Waals surface area contributed by atoms with Crippen LogP contribution in [0.5, 0.6) is 0 Å². The monoisotopic (exact) mass is 272 g/mol. The van der Waals surface area contributed by atoms with E-state index in [1.54, 1.807) is 0 Å². The van der Waals surface area contributed by atoms with Crippen molar-refractivity contribution in [3.8, 4) is 5.69 Å². The summed E-state index contributed by atoms with van der Waals surface area (Å²) in [5.41, 5.74) is 3.94. The van der Waals surface area contributed by atoms with Crippen molar-refractivity contribution >= 4 is 5.84 Å². The number of amidine groups is 1. The highest BCUT2D eigenvalue weighted by Crippen LogP contribution is 2.29. The molecule has 0 aliphatic heterocycles. The number of nitrogens with one attached hydrogen (secondary N) is 1. The summed E-state index contributed by atoms with van der Waals surface area (Å²) < 4.78 is 51.8. The number of benzene rings is 1. The van der Waals surface area contributed by atoms with Crippen molar-refractivity contribution in [1.29, 1.82) is 5.41 Å². The van der Waals surface area contributed by atoms with Crippen LogP contribution < -0.4 is 5.73 Å². The molecule has 1 heterocycles. The van der Waals surface area contributed by atoms with E-state index in [0.717, 1.165) is 10.7 Å². The second kappa shape index (κ2) is 4.38. The van der Waals surface area contributed by atoms with Crippen molar-refractivity contribution in [2.45, 2.75) is 6.18 Å². The molecule has 2 rings (SSSR count). The quantitative estimate of drug-likeness (QED) is 0.500. The minimum atomic E-state index is -4.54. The van der Waals surface area contributed by atoms with Crippen LogP contribution in [0, 0.1) is 11.2 Å². The number of nitrogens with two attached hydrogens (primary N) is 1. The number of hydrogen-bond acceptors (Lipinski definition) is 2. The van der Waals surface area contributed by atoms with E-state index in [9.17, 15) is 17.6 Å². The summed E-state index contributed by atoms with van der Waals surface area (Å²) in [5, 5.41) is 10.8. The van der Waals surface area contributed by atoms with E-state index >= 15 is 0 Å². The Morgan fingerprint density at radius 3 is 2.53 bits per heavy atom. The van der Waals surface area contributed by atoms with Crippen LogP contribution in [0.25, 0.3) is 5.69 Å². The van der Waals surface area contributed by atoms with Crippen LogP contribution in [0.3, 0.4) is 0 Å². The molecule has 0 fully saturated rings. The van der Waals surface area contributed by atoms with Gasteiger partial charge in [0.15, 0.2) is 0 Å². The van der Waals surface area contributed by atoms with E-state index < -0.39 is 23.4 Å². The normalized spacial score (nSPS) is 11.6. The number of rotatable bonds is 2. The number of nitrogen functional groups attached to an aromatic ring is 1. The molecular weight excluding hydrogens is 264 g/mol. The van der Waals surface area contributed by atoms with Gasteiger partial charge in [0.1, 0.15) is 11.7 Å². The van der Waals surface area contributed by atoms with E-state index in [0.29, 0.717) is 12.4 Å². The zero-order valence-electron chi connectivity index (χ0n) is 9.37. The van der Waals surface area contributed by atoms with Crippen molar-refractivity contribution < 1.29 is 17.6 Å². The third-order valence-corrected chi connectivity index (χ3v) is 2.42. The molecule has 8 heteroatoms. The maximum Gasteiger partial charge on any atom is 0.419 e. The molecule has 4 nitrogen and oxygen atoms in total. The van der Waals surface area contributed by atoms with Gasteiger partial charge in [-0.2, -0.15) is 18.3 Å². The average molecular weight is 272 g/mol. The number of nitrogens with zero attached hydrogens (tertiary/aromatic N) is 2. The molecule has 0 spiro atoms. The second-order valence-electron chi connectivity index (χ2n) is 3.72. The number of hydrogen-bond donors (Lipinski definition) is 2. The molecule has 0 bridgehead atoms. The topological polar surface area (TPSA) is 67.7 Å². The number of aromatic nitrogens is 2. The zero-order chi connectivity index (χ0) is 14.2. The second-order valence-corrected chi connectivity index (χ2v) is 3.72. The molecule has 3 N–H and O–H groups in total. The summed E-state index contributed by atoms with van der Waals surface area (Å²) >= 11 is 0. The van der Waals surface area contributed by atoms with Gasteiger partial charge in [0.2, 0.25) is 0 Å². The van der Waals surface area contributed by atoms with Crippen LogP contribution in [-0.2, 0) is 6.18 Å². The Morgan fingerprint density at radius 2 is 2.00 bits per heavy atom. The Labute approximate surface area is 105 Å². The first-order chi connectivity index (χ1) is 8.80. The summed E-state index contributed by atoms with van der Waals surface area (Å²) in [4.78, 5) is 0. The van der Waals surface area contributed by atoms with E-state index in [1.807, 2.05) is 0 Å². The van der Waals surface area contributed by atoms with Crippen molar-refractivity contribution in [3.63, 3.8) is 0 Å². The van der Waals surface area contributed by atoms with Crippen LogP contribution in [0.4, 0.5) is 17.6 Å². The summed E-state index contributed by atoms with van der Waals surface area (Å²) in [5.74, 6) is -1.38. The van der Waals surface area contributed by atoms with Gasteiger partial charge < -0.3 is 5.73 Å². The van der Waals surface area contributed by atoms with E-state index in [1.165, 1.54) is 12.1 Å². The molecule has 2 aromatic rings. The lowest BCUT2D eigenvalue weighted by atomic mass is 10.1. The maximum absolute atomic E-state index is 13.5. The summed E-state index contributed by atoms with van der Waals surface area (Å²) in [6.07, 6.45) is -3.21. The Kier molecular flexibility index (Phi) is 3.01. The van der Waals surface area contributed by atoms with Gasteiger partial charge in [-0.25, -0.2) is 9.07 Å². The first-order valence-corrected chi connectivity index (χ1v) is 5.06. The summed E-state index contributed by atoms with van der Waals surface area (Å²) in [6.45, 7) is 0. The molecule has 0 radical (unpaired) electrons. The third kappa shape index (κ3) is 2.42. The minimum absolute atomic E-state index is 0.0250. The molecule has 0 unspecified atom stereocenters. The van der Waals surface area contributed by atoms with Crippen LogP contribution in [0.15, 0.2) is 30.6 Å². The molecular formula is C11H8F4N4. The predicted octanol–water partition coefficient (Wildman–Crippen LogP) is 2.31. The molecule has 0 amide bonds. The maximum atomic E-state index is 13.5. The van der Waals surface area contributed by atoms with Gasteiger partial charge in [-0.3, -0.25) is 5.41 Å². The van der Waals surface area contributed by atoms with Gasteiger partial charge in [0.25, 0.3) is 0 Å². The summed E-state index contributed by atoms with van der Waals surface area (Å²) in [7, 11) is 0. The summed E-state index contributed by atoms with van der Waals surface area (Å²) in [6, 6.07) is 3.69. The predicted molar refractivity (Wildman–Crippen MR) is 59.5 cm³/mol. The number of alkyl halides is 3. The SMILES string of the molecule is N=C(N)c1c(F)cccc1-n1cc(C(F)(F)F)cn1. The lowest BCUT2D eigenvalue weighted by molar-refractivity contribution is -0.137. The molecule has 0 aliphatic carbocycles. The minimum Gasteiger partial charge on any atom is -0.384 e. The highest BCUT2D eigenvalue weighted by atomic mass is 19.4. The largest absolute Gasteiger partial charge is 0.419 e. The van der Waals surface area contributed by atoms with Gasteiger partial charge in [-0.15, -0.1) is 0 Å². The molecule has 0 saturated heterocycles. The lowest BCUT2D eigenvalue weighted by Crippen LogP contribution is -2.17. The van der Waals surface area contributed by atoms with Gasteiger partial charge >= 0.3 is 6.18 Å². The highest BCUT2D eigenvalue weighted by molar-refractivity contribution is 5.98. The smallest absolute Gasteiger partial charge is 0.384 e. The first-order valence-electron chi connectivity index (χ1n) is 5.06. The zero-order valence-corrected chi connectivity index (χ0v) is 9.37. The van der Waals surface area contributed by atoms with Gasteiger partial charge in [-0.1, -0.05) is 6.07 Å². The fraction of sp³-hybridized carbons (Fsp3) is 0.0909.